The van der Waals surface area contributed by atoms with E-state index in [0.29, 0.717) is 0 Å². The van der Waals surface area contributed by atoms with Gasteiger partial charge in [0, 0.05) is 0 Å². The van der Waals surface area contributed by atoms with E-state index in [1.54, 1.807) is 0 Å². The van der Waals surface area contributed by atoms with Crippen molar-refractivity contribution in [1.82, 2.24) is 0 Å². The SMILES string of the molecule is CC(C)CCCC1(C(=O)OC(C)(C)C)CC1. The number of hydrogen-bond acceptors (Lipinski definition) is 2. The van der Waals surface area contributed by atoms with Crippen LogP contribution in [0.3, 0.4) is 0 Å². The number of ether oxygens (including phenoxy) is 1. The number of carbonyl (C=O) groups excluding carboxylic acids is 1. The third-order valence-corrected chi connectivity index (χ3v) is 3.12. The van der Waals surface area contributed by atoms with Gasteiger partial charge < -0.3 is 4.74 Å². The summed E-state index contributed by atoms with van der Waals surface area (Å²) in [5, 5.41) is 0. The Labute approximate surface area is 99.8 Å². The Balaban J connectivity index is 2.37. The average Bonchev–Trinajstić information content (AvgIpc) is 2.81. The summed E-state index contributed by atoms with van der Waals surface area (Å²) >= 11 is 0. The van der Waals surface area contributed by atoms with E-state index in [9.17, 15) is 4.79 Å². The highest BCUT2D eigenvalue weighted by Gasteiger charge is 2.51. The zero-order valence-electron chi connectivity index (χ0n) is 11.4. The Morgan fingerprint density at radius 2 is 1.88 bits per heavy atom. The smallest absolute Gasteiger partial charge is 0.312 e. The van der Waals surface area contributed by atoms with Crippen LogP contribution in [0.4, 0.5) is 0 Å². The predicted octanol–water partition coefficient (Wildman–Crippen LogP) is 3.93. The lowest BCUT2D eigenvalue weighted by Crippen LogP contribution is -2.29. The van der Waals surface area contributed by atoms with E-state index in [-0.39, 0.29) is 17.0 Å². The molecule has 0 atom stereocenters. The van der Waals surface area contributed by atoms with Gasteiger partial charge in [0.25, 0.3) is 0 Å². The van der Waals surface area contributed by atoms with Crippen LogP contribution >= 0.6 is 0 Å². The van der Waals surface area contributed by atoms with Crippen LogP contribution in [0.5, 0.6) is 0 Å². The quantitative estimate of drug-likeness (QED) is 0.664. The molecule has 0 aromatic carbocycles. The predicted molar refractivity (Wildman–Crippen MR) is 66.2 cm³/mol. The molecule has 1 saturated carbocycles. The van der Waals surface area contributed by atoms with Gasteiger partial charge in [0.2, 0.25) is 0 Å². The molecule has 1 aliphatic carbocycles. The molecule has 0 aromatic heterocycles. The summed E-state index contributed by atoms with van der Waals surface area (Å²) in [7, 11) is 0. The Morgan fingerprint density at radius 3 is 2.25 bits per heavy atom. The van der Waals surface area contributed by atoms with Crippen LogP contribution in [0.25, 0.3) is 0 Å². The van der Waals surface area contributed by atoms with Crippen LogP contribution < -0.4 is 0 Å². The third-order valence-electron chi connectivity index (χ3n) is 3.12. The van der Waals surface area contributed by atoms with Crippen molar-refractivity contribution in [2.24, 2.45) is 11.3 Å². The van der Waals surface area contributed by atoms with E-state index in [4.69, 9.17) is 4.74 Å². The minimum atomic E-state index is -0.343. The molecular weight excluding hydrogens is 200 g/mol. The summed E-state index contributed by atoms with van der Waals surface area (Å²) in [6.07, 6.45) is 5.43. The number of esters is 1. The summed E-state index contributed by atoms with van der Waals surface area (Å²) in [5.41, 5.74) is -0.451. The van der Waals surface area contributed by atoms with Crippen LogP contribution in [0, 0.1) is 11.3 Å². The summed E-state index contributed by atoms with van der Waals surface area (Å²) in [5.74, 6) is 0.762. The fourth-order valence-corrected chi connectivity index (χ4v) is 1.94. The van der Waals surface area contributed by atoms with Gasteiger partial charge in [-0.15, -0.1) is 0 Å². The topological polar surface area (TPSA) is 26.3 Å². The molecule has 1 aliphatic rings. The first-order chi connectivity index (χ1) is 7.25. The van der Waals surface area contributed by atoms with Crippen molar-refractivity contribution in [3.8, 4) is 0 Å². The molecule has 0 bridgehead atoms. The van der Waals surface area contributed by atoms with Gasteiger partial charge in [-0.2, -0.15) is 0 Å². The first-order valence-corrected chi connectivity index (χ1v) is 6.49. The first-order valence-electron chi connectivity index (χ1n) is 6.49. The van der Waals surface area contributed by atoms with E-state index in [0.717, 1.165) is 31.6 Å². The molecule has 0 aromatic rings. The first kappa shape index (κ1) is 13.5. The third kappa shape index (κ3) is 4.15. The van der Waals surface area contributed by atoms with E-state index < -0.39 is 0 Å². The summed E-state index contributed by atoms with van der Waals surface area (Å²) in [4.78, 5) is 12.0. The minimum absolute atomic E-state index is 0.0313. The van der Waals surface area contributed by atoms with E-state index >= 15 is 0 Å². The Bertz CT molecular complexity index is 244. The maximum absolute atomic E-state index is 12.0. The van der Waals surface area contributed by atoms with Gasteiger partial charge in [0.1, 0.15) is 5.60 Å². The van der Waals surface area contributed by atoms with Crippen LogP contribution in [-0.2, 0) is 9.53 Å². The highest BCUT2D eigenvalue weighted by molar-refractivity contribution is 5.80. The van der Waals surface area contributed by atoms with Gasteiger partial charge in [-0.05, 0) is 46.0 Å². The van der Waals surface area contributed by atoms with Crippen molar-refractivity contribution >= 4 is 5.97 Å². The second kappa shape index (κ2) is 4.77. The zero-order valence-corrected chi connectivity index (χ0v) is 11.4. The lowest BCUT2D eigenvalue weighted by Gasteiger charge is -2.23. The number of hydrogen-bond donors (Lipinski definition) is 0. The van der Waals surface area contributed by atoms with Gasteiger partial charge in [0.15, 0.2) is 0 Å². The molecule has 16 heavy (non-hydrogen) atoms. The Hall–Kier alpha value is -0.530. The monoisotopic (exact) mass is 226 g/mol. The maximum atomic E-state index is 12.0. The van der Waals surface area contributed by atoms with Crippen molar-refractivity contribution in [3.05, 3.63) is 0 Å². The lowest BCUT2D eigenvalue weighted by atomic mass is 9.96. The fourth-order valence-electron chi connectivity index (χ4n) is 1.94. The molecule has 0 spiro atoms. The largest absolute Gasteiger partial charge is 0.460 e. The van der Waals surface area contributed by atoms with Gasteiger partial charge in [-0.25, -0.2) is 0 Å². The van der Waals surface area contributed by atoms with Gasteiger partial charge in [0.05, 0.1) is 5.41 Å². The Kier molecular flexibility index (Phi) is 4.03. The summed E-state index contributed by atoms with van der Waals surface area (Å²) < 4.78 is 5.48. The summed E-state index contributed by atoms with van der Waals surface area (Å²) in [6.45, 7) is 10.3. The van der Waals surface area contributed by atoms with Crippen LogP contribution in [0.2, 0.25) is 0 Å². The van der Waals surface area contributed by atoms with Crippen molar-refractivity contribution in [2.45, 2.75) is 72.3 Å². The van der Waals surface area contributed by atoms with Gasteiger partial charge in [-0.1, -0.05) is 26.7 Å². The highest BCUT2D eigenvalue weighted by Crippen LogP contribution is 2.51. The van der Waals surface area contributed by atoms with Crippen molar-refractivity contribution < 1.29 is 9.53 Å². The molecule has 2 heteroatoms. The number of carbonyl (C=O) groups is 1. The molecule has 0 unspecified atom stereocenters. The maximum Gasteiger partial charge on any atom is 0.312 e. The standard InChI is InChI=1S/C14H26O2/c1-11(2)7-6-8-14(9-10-14)12(15)16-13(3,4)5/h11H,6-10H2,1-5H3. The number of rotatable bonds is 5. The lowest BCUT2D eigenvalue weighted by molar-refractivity contribution is -0.162. The normalized spacial score (nSPS) is 18.6. The van der Waals surface area contributed by atoms with Crippen LogP contribution in [0.1, 0.15) is 66.7 Å². The molecule has 0 radical (unpaired) electrons. The van der Waals surface area contributed by atoms with Crippen molar-refractivity contribution in [2.75, 3.05) is 0 Å². The van der Waals surface area contributed by atoms with E-state index in [1.807, 2.05) is 20.8 Å². The van der Waals surface area contributed by atoms with E-state index in [2.05, 4.69) is 13.8 Å². The average molecular weight is 226 g/mol. The molecule has 94 valence electrons. The van der Waals surface area contributed by atoms with Crippen LogP contribution in [0.15, 0.2) is 0 Å². The molecular formula is C14H26O2. The van der Waals surface area contributed by atoms with Gasteiger partial charge >= 0.3 is 5.97 Å². The molecule has 2 nitrogen and oxygen atoms in total. The van der Waals surface area contributed by atoms with Gasteiger partial charge in [-0.3, -0.25) is 4.79 Å². The van der Waals surface area contributed by atoms with Crippen LogP contribution in [-0.4, -0.2) is 11.6 Å². The van der Waals surface area contributed by atoms with Crippen molar-refractivity contribution in [3.63, 3.8) is 0 Å². The minimum Gasteiger partial charge on any atom is -0.460 e. The fraction of sp³-hybridized carbons (Fsp3) is 0.929. The second-order valence-corrected chi connectivity index (χ2v) is 6.57. The molecule has 1 fully saturated rings. The molecule has 0 aliphatic heterocycles. The van der Waals surface area contributed by atoms with Crippen molar-refractivity contribution in [1.29, 1.82) is 0 Å². The highest BCUT2D eigenvalue weighted by atomic mass is 16.6. The molecule has 0 N–H and O–H groups in total. The molecule has 0 heterocycles. The molecule has 0 saturated heterocycles. The molecule has 1 rings (SSSR count). The zero-order chi connectivity index (χ0) is 12.4. The molecule has 0 amide bonds. The summed E-state index contributed by atoms with van der Waals surface area (Å²) in [6, 6.07) is 0. The second-order valence-electron chi connectivity index (χ2n) is 6.57. The van der Waals surface area contributed by atoms with E-state index in [1.165, 1.54) is 6.42 Å². The Morgan fingerprint density at radius 1 is 1.31 bits per heavy atom.